The molecule has 0 aromatic carbocycles. The number of ether oxygens (including phenoxy) is 2. The first kappa shape index (κ1) is 28.1. The molecule has 2 rings (SSSR count). The number of unbranched alkanes of at least 4 members (excludes halogenated alkanes) is 3. The summed E-state index contributed by atoms with van der Waals surface area (Å²) in [6, 6.07) is -0.154. The summed E-state index contributed by atoms with van der Waals surface area (Å²) in [6.07, 6.45) is 0.917. The molecule has 1 unspecified atom stereocenters. The van der Waals surface area contributed by atoms with E-state index in [9.17, 15) is 34.1 Å². The molecule has 0 radical (unpaired) electrons. The molecule has 1 aliphatic heterocycles. The number of hydrogen-bond donors (Lipinski definition) is 5. The number of aromatic amines is 1. The van der Waals surface area contributed by atoms with Crippen LogP contribution in [0.15, 0.2) is 34.5 Å². The van der Waals surface area contributed by atoms with Crippen molar-refractivity contribution < 1.29 is 38.5 Å². The number of H-pyrrole nitrogens is 1. The molecule has 0 spiro atoms. The van der Waals surface area contributed by atoms with E-state index in [1.54, 1.807) is 0 Å². The number of esters is 1. The van der Waals surface area contributed by atoms with Crippen molar-refractivity contribution >= 4 is 13.7 Å². The smallest absolute Gasteiger partial charge is 0.403 e. The first-order valence-corrected chi connectivity index (χ1v) is 12.4. The maximum atomic E-state index is 12.5. The number of carbonyl (C=O) groups is 1. The standard InChI is InChI=1S/C20H32N3O10P/c1-4-6-7-8-11-31-18(27)13(3)22-34(29,30)32-12-20(5-2)16(26)15(25)17(33-20)23-10-9-14(24)21-19(23)28/h5,9-10,13,15-17,25-26H,2,4,6-8,11-12H2,1,3H3,(H,21,24,28)(H2,22,29,30)/t13-,15+,16-,17+,20+/m0/s1. The van der Waals surface area contributed by atoms with Crippen LogP contribution in [0.5, 0.6) is 0 Å². The predicted octanol–water partition coefficient (Wildman–Crippen LogP) is -0.0694. The molecule has 0 amide bonds. The topological polar surface area (TPSA) is 189 Å². The van der Waals surface area contributed by atoms with Crippen LogP contribution >= 0.6 is 7.75 Å². The molecule has 34 heavy (non-hydrogen) atoms. The Bertz CT molecular complexity index is 1010. The van der Waals surface area contributed by atoms with E-state index in [0.717, 1.165) is 42.2 Å². The van der Waals surface area contributed by atoms with Crippen molar-refractivity contribution in [2.45, 2.75) is 69.6 Å². The van der Waals surface area contributed by atoms with Crippen LogP contribution in [-0.4, -0.2) is 67.7 Å². The quantitative estimate of drug-likeness (QED) is 0.104. The number of nitrogens with zero attached hydrogens (tertiary/aromatic N) is 1. The lowest BCUT2D eigenvalue weighted by molar-refractivity contribution is -0.145. The summed E-state index contributed by atoms with van der Waals surface area (Å²) in [5, 5.41) is 23.1. The van der Waals surface area contributed by atoms with Gasteiger partial charge in [-0.05, 0) is 13.3 Å². The Labute approximate surface area is 196 Å². The molecule has 1 fully saturated rings. The first-order chi connectivity index (χ1) is 16.0. The number of carbonyl (C=O) groups excluding carboxylic acids is 1. The fourth-order valence-corrected chi connectivity index (χ4v) is 4.40. The highest BCUT2D eigenvalue weighted by Gasteiger charge is 2.54. The van der Waals surface area contributed by atoms with E-state index >= 15 is 0 Å². The minimum atomic E-state index is -4.60. The highest BCUT2D eigenvalue weighted by Crippen LogP contribution is 2.43. The van der Waals surface area contributed by atoms with Gasteiger partial charge < -0.3 is 24.6 Å². The number of aromatic nitrogens is 2. The van der Waals surface area contributed by atoms with Gasteiger partial charge >= 0.3 is 19.4 Å². The summed E-state index contributed by atoms with van der Waals surface area (Å²) in [7, 11) is -4.60. The van der Waals surface area contributed by atoms with Crippen molar-refractivity contribution in [3.05, 3.63) is 45.8 Å². The lowest BCUT2D eigenvalue weighted by Crippen LogP contribution is -2.45. The van der Waals surface area contributed by atoms with Crippen LogP contribution in [0.25, 0.3) is 0 Å². The molecule has 0 saturated carbocycles. The second kappa shape index (κ2) is 12.0. The van der Waals surface area contributed by atoms with Crippen molar-refractivity contribution in [3.63, 3.8) is 0 Å². The summed E-state index contributed by atoms with van der Waals surface area (Å²) in [4.78, 5) is 47.5. The molecule has 1 aromatic heterocycles. The molecule has 5 N–H and O–H groups in total. The maximum Gasteiger partial charge on any atom is 0.403 e. The summed E-state index contributed by atoms with van der Waals surface area (Å²) in [6.45, 7) is 6.32. The van der Waals surface area contributed by atoms with Crippen LogP contribution in [-0.2, 0) is 23.4 Å². The van der Waals surface area contributed by atoms with Crippen LogP contribution in [0, 0.1) is 0 Å². The van der Waals surface area contributed by atoms with Crippen molar-refractivity contribution in [3.8, 4) is 0 Å². The van der Waals surface area contributed by atoms with Gasteiger partial charge in [0, 0.05) is 12.3 Å². The fourth-order valence-electron chi connectivity index (χ4n) is 3.36. The van der Waals surface area contributed by atoms with Gasteiger partial charge in [0.15, 0.2) is 6.23 Å². The maximum absolute atomic E-state index is 12.5. The average Bonchev–Trinajstić information content (AvgIpc) is 3.03. The van der Waals surface area contributed by atoms with Gasteiger partial charge in [0.05, 0.1) is 13.2 Å². The molecule has 0 bridgehead atoms. The third-order valence-corrected chi connectivity index (χ3v) is 6.54. The number of nitrogens with one attached hydrogen (secondary N) is 2. The molecule has 1 saturated heterocycles. The van der Waals surface area contributed by atoms with E-state index in [4.69, 9.17) is 14.0 Å². The minimum Gasteiger partial charge on any atom is -0.465 e. The molecule has 0 aliphatic carbocycles. The Kier molecular flexibility index (Phi) is 9.95. The van der Waals surface area contributed by atoms with Crippen molar-refractivity contribution in [1.82, 2.24) is 14.6 Å². The van der Waals surface area contributed by atoms with Gasteiger partial charge in [-0.1, -0.05) is 32.3 Å². The lowest BCUT2D eigenvalue weighted by Gasteiger charge is -2.29. The van der Waals surface area contributed by atoms with Gasteiger partial charge in [-0.15, -0.1) is 6.58 Å². The third kappa shape index (κ3) is 6.95. The lowest BCUT2D eigenvalue weighted by atomic mass is 9.96. The fraction of sp³-hybridized carbons (Fsp3) is 0.650. The highest BCUT2D eigenvalue weighted by molar-refractivity contribution is 7.50. The molecular weight excluding hydrogens is 473 g/mol. The van der Waals surface area contributed by atoms with Crippen LogP contribution in [0.1, 0.15) is 45.8 Å². The molecule has 1 aromatic rings. The Balaban J connectivity index is 2.01. The largest absolute Gasteiger partial charge is 0.465 e. The van der Waals surface area contributed by atoms with E-state index in [-0.39, 0.29) is 6.61 Å². The monoisotopic (exact) mass is 505 g/mol. The molecule has 192 valence electrons. The summed E-state index contributed by atoms with van der Waals surface area (Å²) < 4.78 is 29.0. The van der Waals surface area contributed by atoms with Gasteiger partial charge in [0.25, 0.3) is 5.56 Å². The van der Waals surface area contributed by atoms with Crippen LogP contribution < -0.4 is 16.3 Å². The summed E-state index contributed by atoms with van der Waals surface area (Å²) >= 11 is 0. The van der Waals surface area contributed by atoms with Gasteiger partial charge in [0.2, 0.25) is 0 Å². The Morgan fingerprint density at radius 2 is 2.12 bits per heavy atom. The van der Waals surface area contributed by atoms with Crippen LogP contribution in [0.2, 0.25) is 0 Å². The second-order valence-corrected chi connectivity index (χ2v) is 9.55. The zero-order chi connectivity index (χ0) is 25.5. The molecule has 2 heterocycles. The molecule has 1 aliphatic rings. The second-order valence-electron chi connectivity index (χ2n) is 7.99. The molecular formula is C20H32N3O10P. The number of aliphatic hydroxyl groups is 2. The highest BCUT2D eigenvalue weighted by atomic mass is 31.2. The Morgan fingerprint density at radius 3 is 2.74 bits per heavy atom. The Morgan fingerprint density at radius 1 is 1.41 bits per heavy atom. The van der Waals surface area contributed by atoms with Crippen molar-refractivity contribution in [2.75, 3.05) is 13.2 Å². The predicted molar refractivity (Wildman–Crippen MR) is 120 cm³/mol. The van der Waals surface area contributed by atoms with Crippen LogP contribution in [0.3, 0.4) is 0 Å². The van der Waals surface area contributed by atoms with E-state index in [0.29, 0.717) is 6.42 Å². The van der Waals surface area contributed by atoms with E-state index in [1.165, 1.54) is 6.92 Å². The average molecular weight is 505 g/mol. The van der Waals surface area contributed by atoms with Gasteiger partial charge in [0.1, 0.15) is 23.9 Å². The molecule has 14 heteroatoms. The van der Waals surface area contributed by atoms with E-state index in [2.05, 4.69) is 11.7 Å². The van der Waals surface area contributed by atoms with Gasteiger partial charge in [-0.3, -0.25) is 23.7 Å². The third-order valence-electron chi connectivity index (χ3n) is 5.34. The molecule has 13 nitrogen and oxygen atoms in total. The zero-order valence-corrected chi connectivity index (χ0v) is 20.0. The summed E-state index contributed by atoms with van der Waals surface area (Å²) in [5.41, 5.74) is -3.46. The van der Waals surface area contributed by atoms with Gasteiger partial charge in [-0.25, -0.2) is 14.4 Å². The first-order valence-electron chi connectivity index (χ1n) is 10.9. The number of rotatable bonds is 13. The van der Waals surface area contributed by atoms with Crippen molar-refractivity contribution in [1.29, 1.82) is 0 Å². The zero-order valence-electron chi connectivity index (χ0n) is 19.1. The van der Waals surface area contributed by atoms with E-state index < -0.39 is 61.7 Å². The Hall–Kier alpha value is -2.12. The number of aliphatic hydroxyl groups excluding tert-OH is 2. The van der Waals surface area contributed by atoms with Crippen molar-refractivity contribution in [2.24, 2.45) is 0 Å². The SMILES string of the molecule is C=C[C@]1(COP(=O)(O)N[C@@H](C)C(=O)OCCCCCC)O[C@@H](n2ccc(=O)[nH]c2=O)[C@H](O)[C@@H]1O. The molecule has 6 atom stereocenters. The number of hydrogen-bond acceptors (Lipinski definition) is 9. The normalized spacial score (nSPS) is 27.1. The van der Waals surface area contributed by atoms with Crippen LogP contribution in [0.4, 0.5) is 0 Å². The van der Waals surface area contributed by atoms with Gasteiger partial charge in [-0.2, -0.15) is 0 Å². The van der Waals surface area contributed by atoms with E-state index in [1.807, 2.05) is 11.9 Å². The summed E-state index contributed by atoms with van der Waals surface area (Å²) in [5.74, 6) is -0.738. The minimum absolute atomic E-state index is 0.185.